The second-order valence-corrected chi connectivity index (χ2v) is 10.1. The van der Waals surface area contributed by atoms with Crippen molar-refractivity contribution in [3.8, 4) is 0 Å². The number of benzene rings is 2. The third-order valence-corrected chi connectivity index (χ3v) is 7.68. The van der Waals surface area contributed by atoms with Crippen LogP contribution in [0.25, 0.3) is 5.70 Å². The van der Waals surface area contributed by atoms with Crippen LogP contribution in [0.3, 0.4) is 0 Å². The molecular weight excluding hydrogens is 510 g/mol. The van der Waals surface area contributed by atoms with Crippen LogP contribution < -0.4 is 5.32 Å². The summed E-state index contributed by atoms with van der Waals surface area (Å²) in [5, 5.41) is 6.11. The zero-order valence-electron chi connectivity index (χ0n) is 20.5. The fraction of sp³-hybridized carbons (Fsp3) is 0.321. The van der Waals surface area contributed by atoms with Crippen LogP contribution in [0.2, 0.25) is 5.02 Å². The van der Waals surface area contributed by atoms with Gasteiger partial charge < -0.3 is 19.7 Å². The maximum Gasteiger partial charge on any atom is 0.338 e. The maximum atomic E-state index is 13.5. The quantitative estimate of drug-likeness (QED) is 0.460. The summed E-state index contributed by atoms with van der Waals surface area (Å²) >= 11 is 8.13. The molecular formula is C28H28ClN3O4S. The molecule has 5 rings (SSSR count). The van der Waals surface area contributed by atoms with Gasteiger partial charge in [0.15, 0.2) is 5.17 Å². The summed E-state index contributed by atoms with van der Waals surface area (Å²) in [5.41, 5.74) is 3.21. The van der Waals surface area contributed by atoms with Crippen LogP contribution >= 0.6 is 23.4 Å². The maximum absolute atomic E-state index is 13.5. The van der Waals surface area contributed by atoms with Crippen LogP contribution in [0.15, 0.2) is 76.3 Å². The molecule has 0 aliphatic carbocycles. The van der Waals surface area contributed by atoms with Crippen molar-refractivity contribution in [3.63, 3.8) is 0 Å². The lowest BCUT2D eigenvalue weighted by Crippen LogP contribution is -2.39. The standard InChI is InChI=1S/C28H28ClN3O4S/c1-2-35-27(34)24-25(18-9-4-3-5-10-18)31-28-32(26(24)21-12-6-7-13-22(21)29)19(17-37-28)15-23(33)30-16-20-11-8-14-36-20/h3-7,9-10,12-13,17,20,26H,2,8,11,14-16H2,1H3,(H,30,33)/t20-,26+/m1/s1. The molecule has 0 radical (unpaired) electrons. The number of aliphatic imine (C=N–C) groups is 1. The average molecular weight is 538 g/mol. The lowest BCUT2D eigenvalue weighted by Gasteiger charge is -2.37. The average Bonchev–Trinajstić information content (AvgIpc) is 3.58. The summed E-state index contributed by atoms with van der Waals surface area (Å²) in [6.45, 7) is 3.22. The Morgan fingerprint density at radius 2 is 1.97 bits per heavy atom. The molecule has 192 valence electrons. The highest BCUT2D eigenvalue weighted by Crippen LogP contribution is 2.48. The second-order valence-electron chi connectivity index (χ2n) is 8.88. The van der Waals surface area contributed by atoms with E-state index in [1.54, 1.807) is 13.0 Å². The second kappa shape index (κ2) is 11.5. The number of halogens is 1. The summed E-state index contributed by atoms with van der Waals surface area (Å²) in [6, 6.07) is 16.4. The van der Waals surface area contributed by atoms with Crippen molar-refractivity contribution >= 4 is 46.1 Å². The number of nitrogens with zero attached hydrogens (tertiary/aromatic N) is 2. The van der Waals surface area contributed by atoms with Crippen molar-refractivity contribution in [1.29, 1.82) is 0 Å². The van der Waals surface area contributed by atoms with Gasteiger partial charge in [0, 0.05) is 29.4 Å². The Hall–Kier alpha value is -3.07. The number of amidine groups is 1. The van der Waals surface area contributed by atoms with Gasteiger partial charge in [0.05, 0.1) is 36.4 Å². The van der Waals surface area contributed by atoms with Crippen molar-refractivity contribution in [2.24, 2.45) is 4.99 Å². The van der Waals surface area contributed by atoms with E-state index in [-0.39, 0.29) is 25.0 Å². The molecule has 1 amide bonds. The zero-order chi connectivity index (χ0) is 25.8. The van der Waals surface area contributed by atoms with E-state index < -0.39 is 12.0 Å². The number of ether oxygens (including phenoxy) is 2. The number of thioether (sulfide) groups is 1. The Morgan fingerprint density at radius 1 is 1.19 bits per heavy atom. The molecule has 0 unspecified atom stereocenters. The lowest BCUT2D eigenvalue weighted by molar-refractivity contribution is -0.139. The molecule has 0 spiro atoms. The molecule has 2 atom stereocenters. The summed E-state index contributed by atoms with van der Waals surface area (Å²) < 4.78 is 11.2. The molecule has 1 saturated heterocycles. The van der Waals surface area contributed by atoms with E-state index >= 15 is 0 Å². The summed E-state index contributed by atoms with van der Waals surface area (Å²) in [4.78, 5) is 33.3. The number of nitrogens with one attached hydrogen (secondary N) is 1. The highest BCUT2D eigenvalue weighted by molar-refractivity contribution is 8.16. The van der Waals surface area contributed by atoms with Crippen LogP contribution in [0.5, 0.6) is 0 Å². The molecule has 2 aromatic carbocycles. The largest absolute Gasteiger partial charge is 0.463 e. The Labute approximate surface area is 225 Å². The van der Waals surface area contributed by atoms with Gasteiger partial charge in [0.25, 0.3) is 0 Å². The van der Waals surface area contributed by atoms with Crippen LogP contribution in [-0.4, -0.2) is 47.8 Å². The van der Waals surface area contributed by atoms with Crippen LogP contribution in [0.4, 0.5) is 0 Å². The number of rotatable bonds is 8. The van der Waals surface area contributed by atoms with Crippen molar-refractivity contribution in [1.82, 2.24) is 10.2 Å². The van der Waals surface area contributed by atoms with Crippen molar-refractivity contribution < 1.29 is 19.1 Å². The number of carbonyl (C=O) groups is 2. The minimum Gasteiger partial charge on any atom is -0.463 e. The molecule has 9 heteroatoms. The van der Waals surface area contributed by atoms with E-state index in [1.165, 1.54) is 11.8 Å². The monoisotopic (exact) mass is 537 g/mol. The molecule has 3 heterocycles. The van der Waals surface area contributed by atoms with E-state index in [0.717, 1.165) is 36.3 Å². The summed E-state index contributed by atoms with van der Waals surface area (Å²) in [5.74, 6) is -0.579. The molecule has 0 aromatic heterocycles. The molecule has 0 bridgehead atoms. The van der Waals surface area contributed by atoms with Gasteiger partial charge in [-0.25, -0.2) is 9.79 Å². The number of amides is 1. The summed E-state index contributed by atoms with van der Waals surface area (Å²) in [7, 11) is 0. The Balaban J connectivity index is 1.54. The van der Waals surface area contributed by atoms with Crippen molar-refractivity contribution in [2.45, 2.75) is 38.3 Å². The van der Waals surface area contributed by atoms with Crippen LogP contribution in [-0.2, 0) is 19.1 Å². The van der Waals surface area contributed by atoms with Gasteiger partial charge >= 0.3 is 5.97 Å². The Kier molecular flexibility index (Phi) is 7.98. The van der Waals surface area contributed by atoms with E-state index in [0.29, 0.717) is 28.0 Å². The molecule has 3 aliphatic rings. The SMILES string of the molecule is CCOC(=O)C1=C(c2ccccc2)N=C2SC=C(CC(=O)NC[C@H]3CCCO3)N2[C@H]1c1ccccc1Cl. The van der Waals surface area contributed by atoms with Gasteiger partial charge in [0.2, 0.25) is 5.91 Å². The minimum absolute atomic E-state index is 0.0608. The molecule has 3 aliphatic heterocycles. The lowest BCUT2D eigenvalue weighted by atomic mass is 9.91. The normalized spacial score (nSPS) is 20.9. The van der Waals surface area contributed by atoms with Gasteiger partial charge in [-0.15, -0.1) is 0 Å². The fourth-order valence-electron chi connectivity index (χ4n) is 4.74. The first-order valence-corrected chi connectivity index (χ1v) is 13.7. The molecule has 0 saturated carbocycles. The van der Waals surface area contributed by atoms with Crippen molar-refractivity contribution in [2.75, 3.05) is 19.8 Å². The van der Waals surface area contributed by atoms with E-state index in [9.17, 15) is 9.59 Å². The zero-order valence-corrected chi connectivity index (χ0v) is 22.1. The van der Waals surface area contributed by atoms with E-state index in [1.807, 2.05) is 58.8 Å². The van der Waals surface area contributed by atoms with E-state index in [2.05, 4.69) is 5.32 Å². The first-order valence-electron chi connectivity index (χ1n) is 12.4. The first kappa shape index (κ1) is 25.6. The Morgan fingerprint density at radius 3 is 2.70 bits per heavy atom. The molecule has 2 aromatic rings. The highest BCUT2D eigenvalue weighted by Gasteiger charge is 2.43. The molecule has 7 nitrogen and oxygen atoms in total. The minimum atomic E-state index is -0.609. The summed E-state index contributed by atoms with van der Waals surface area (Å²) in [6.07, 6.45) is 2.16. The van der Waals surface area contributed by atoms with Crippen LogP contribution in [0.1, 0.15) is 43.4 Å². The highest BCUT2D eigenvalue weighted by atomic mass is 35.5. The van der Waals surface area contributed by atoms with Crippen molar-refractivity contribution in [3.05, 3.63) is 87.4 Å². The number of carbonyl (C=O) groups excluding carboxylic acids is 2. The van der Waals surface area contributed by atoms with Gasteiger partial charge in [-0.3, -0.25) is 4.79 Å². The van der Waals surface area contributed by atoms with Gasteiger partial charge in [-0.2, -0.15) is 0 Å². The predicted octanol–water partition coefficient (Wildman–Crippen LogP) is 5.30. The number of esters is 1. The topological polar surface area (TPSA) is 80.2 Å². The first-order chi connectivity index (χ1) is 18.1. The fourth-order valence-corrected chi connectivity index (χ4v) is 5.90. The van der Waals surface area contributed by atoms with Gasteiger partial charge in [0.1, 0.15) is 0 Å². The van der Waals surface area contributed by atoms with E-state index in [4.69, 9.17) is 26.1 Å². The third-order valence-electron chi connectivity index (χ3n) is 6.45. The van der Waals surface area contributed by atoms with Gasteiger partial charge in [-0.1, -0.05) is 71.9 Å². The third kappa shape index (κ3) is 5.46. The Bertz CT molecular complexity index is 1270. The van der Waals surface area contributed by atoms with Gasteiger partial charge in [-0.05, 0) is 36.8 Å². The molecule has 1 fully saturated rings. The predicted molar refractivity (Wildman–Crippen MR) is 146 cm³/mol. The smallest absolute Gasteiger partial charge is 0.338 e. The van der Waals surface area contributed by atoms with Crippen LogP contribution in [0, 0.1) is 0 Å². The molecule has 1 N–H and O–H groups in total. The number of hydrogen-bond donors (Lipinski definition) is 1. The molecule has 37 heavy (non-hydrogen) atoms. The number of hydrogen-bond acceptors (Lipinski definition) is 7. The number of fused-ring (bicyclic) bond motifs is 1.